The summed E-state index contributed by atoms with van der Waals surface area (Å²) in [7, 11) is -3.74. The van der Waals surface area contributed by atoms with Crippen LogP contribution < -0.4 is 0 Å². The van der Waals surface area contributed by atoms with Gasteiger partial charge >= 0.3 is 0 Å². The van der Waals surface area contributed by atoms with Crippen LogP contribution in [0.15, 0.2) is 53.4 Å². The van der Waals surface area contributed by atoms with E-state index in [1.807, 2.05) is 18.2 Å². The number of sulfonamides is 1. The van der Waals surface area contributed by atoms with Crippen molar-refractivity contribution in [2.24, 2.45) is 5.92 Å². The number of carbonyl (C=O) groups excluding carboxylic acids is 1. The van der Waals surface area contributed by atoms with Crippen molar-refractivity contribution in [3.05, 3.63) is 59.7 Å². The van der Waals surface area contributed by atoms with Gasteiger partial charge in [0.15, 0.2) is 0 Å². The van der Waals surface area contributed by atoms with Gasteiger partial charge in [0.25, 0.3) is 5.91 Å². The second-order valence-corrected chi connectivity index (χ2v) is 10.1. The Balaban J connectivity index is 1.44. The van der Waals surface area contributed by atoms with Crippen molar-refractivity contribution >= 4 is 15.9 Å². The number of rotatable bonds is 5. The number of hydrogen-bond acceptors (Lipinski definition) is 5. The van der Waals surface area contributed by atoms with E-state index >= 15 is 0 Å². The maximum atomic E-state index is 13.1. The molecule has 31 heavy (non-hydrogen) atoms. The summed E-state index contributed by atoms with van der Waals surface area (Å²) in [4.78, 5) is 14.8. The topological polar surface area (TPSA) is 87.2 Å². The van der Waals surface area contributed by atoms with Gasteiger partial charge in [-0.15, -0.1) is 0 Å². The fourth-order valence-corrected chi connectivity index (χ4v) is 5.68. The van der Waals surface area contributed by atoms with Crippen molar-refractivity contribution < 1.29 is 23.1 Å². The van der Waals surface area contributed by atoms with Crippen LogP contribution in [0.3, 0.4) is 0 Å². The fourth-order valence-electron chi connectivity index (χ4n) is 4.24. The maximum Gasteiger partial charge on any atom is 0.257 e. The lowest BCUT2D eigenvalue weighted by molar-refractivity contribution is 0.0686. The monoisotopic (exact) mass is 444 g/mol. The molecule has 2 fully saturated rings. The molecule has 2 aliphatic rings. The third-order valence-corrected chi connectivity index (χ3v) is 7.97. The number of amides is 1. The quantitative estimate of drug-likeness (QED) is 0.766. The van der Waals surface area contributed by atoms with E-state index < -0.39 is 10.0 Å². The lowest BCUT2D eigenvalue weighted by Crippen LogP contribution is -2.41. The minimum Gasteiger partial charge on any atom is -0.507 e. The van der Waals surface area contributed by atoms with Gasteiger partial charge in [-0.05, 0) is 48.9 Å². The average molecular weight is 445 g/mol. The Hall–Kier alpha value is -2.42. The minimum absolute atomic E-state index is 0.0227. The summed E-state index contributed by atoms with van der Waals surface area (Å²) in [5.41, 5.74) is 1.33. The summed E-state index contributed by atoms with van der Waals surface area (Å²) in [6.07, 6.45) is 2.75. The second-order valence-electron chi connectivity index (χ2n) is 8.12. The summed E-state index contributed by atoms with van der Waals surface area (Å²) >= 11 is 0. The first-order valence-electron chi connectivity index (χ1n) is 10.7. The van der Waals surface area contributed by atoms with Crippen molar-refractivity contribution in [3.8, 4) is 5.75 Å². The predicted octanol–water partition coefficient (Wildman–Crippen LogP) is 2.51. The van der Waals surface area contributed by atoms with Crippen molar-refractivity contribution in [2.75, 3.05) is 39.4 Å². The van der Waals surface area contributed by atoms with Gasteiger partial charge in [0.1, 0.15) is 5.75 Å². The largest absolute Gasteiger partial charge is 0.507 e. The molecule has 0 atom stereocenters. The van der Waals surface area contributed by atoms with Crippen LogP contribution in [0, 0.1) is 5.92 Å². The predicted molar refractivity (Wildman–Crippen MR) is 116 cm³/mol. The van der Waals surface area contributed by atoms with Gasteiger partial charge in [0.05, 0.1) is 23.7 Å². The Labute approximate surface area is 183 Å². The van der Waals surface area contributed by atoms with Crippen LogP contribution in [0.2, 0.25) is 0 Å². The van der Waals surface area contributed by atoms with Gasteiger partial charge < -0.3 is 14.7 Å². The van der Waals surface area contributed by atoms with Gasteiger partial charge in [0.2, 0.25) is 10.0 Å². The smallest absolute Gasteiger partial charge is 0.257 e. The molecule has 0 spiro atoms. The second kappa shape index (κ2) is 9.38. The first kappa shape index (κ1) is 21.8. The van der Waals surface area contributed by atoms with Crippen LogP contribution in [-0.4, -0.2) is 68.0 Å². The zero-order valence-electron chi connectivity index (χ0n) is 17.4. The van der Waals surface area contributed by atoms with Crippen molar-refractivity contribution in [3.63, 3.8) is 0 Å². The summed E-state index contributed by atoms with van der Waals surface area (Å²) in [6.45, 7) is 2.44. The third-order valence-electron chi connectivity index (χ3n) is 6.08. The Morgan fingerprint density at radius 2 is 1.68 bits per heavy atom. The van der Waals surface area contributed by atoms with E-state index in [4.69, 9.17) is 4.74 Å². The van der Waals surface area contributed by atoms with Crippen LogP contribution in [0.5, 0.6) is 5.75 Å². The zero-order chi connectivity index (χ0) is 21.8. The first-order chi connectivity index (χ1) is 14.9. The number of nitrogens with zero attached hydrogens (tertiary/aromatic N) is 2. The highest BCUT2D eigenvalue weighted by atomic mass is 32.2. The Morgan fingerprint density at radius 3 is 2.35 bits per heavy atom. The number of hydrogen-bond donors (Lipinski definition) is 1. The molecule has 0 unspecified atom stereocenters. The Morgan fingerprint density at radius 1 is 1.00 bits per heavy atom. The van der Waals surface area contributed by atoms with E-state index in [2.05, 4.69) is 12.1 Å². The van der Waals surface area contributed by atoms with Gasteiger partial charge in [-0.2, -0.15) is 4.31 Å². The van der Waals surface area contributed by atoms with Gasteiger partial charge in [-0.3, -0.25) is 4.79 Å². The number of phenolic OH excluding ortho intramolecular Hbond substituents is 1. The lowest BCUT2D eigenvalue weighted by Gasteiger charge is -2.32. The molecule has 2 heterocycles. The number of benzene rings is 2. The van der Waals surface area contributed by atoms with Crippen molar-refractivity contribution in [2.45, 2.75) is 24.2 Å². The molecule has 2 aromatic rings. The van der Waals surface area contributed by atoms with E-state index in [1.54, 1.807) is 4.90 Å². The molecule has 0 aromatic heterocycles. The normalized spacial score (nSPS) is 18.8. The van der Waals surface area contributed by atoms with E-state index in [9.17, 15) is 18.3 Å². The SMILES string of the molecule is O=C(c1cc(S(=O)(=O)N2CCOCC2)ccc1O)N1CCC(Cc2ccccc2)CC1. The van der Waals surface area contributed by atoms with E-state index in [0.717, 1.165) is 19.3 Å². The molecule has 2 aromatic carbocycles. The van der Waals surface area contributed by atoms with Crippen LogP contribution in [-0.2, 0) is 21.2 Å². The highest BCUT2D eigenvalue weighted by Gasteiger charge is 2.30. The number of carbonyl (C=O) groups is 1. The van der Waals surface area contributed by atoms with Crippen molar-refractivity contribution in [1.29, 1.82) is 0 Å². The molecule has 8 heteroatoms. The average Bonchev–Trinajstić information content (AvgIpc) is 2.80. The molecule has 1 amide bonds. The molecular weight excluding hydrogens is 416 g/mol. The van der Waals surface area contributed by atoms with Gasteiger partial charge in [-0.1, -0.05) is 30.3 Å². The molecule has 166 valence electrons. The van der Waals surface area contributed by atoms with E-state index in [0.29, 0.717) is 32.2 Å². The number of phenols is 1. The van der Waals surface area contributed by atoms with Crippen LogP contribution in [0.25, 0.3) is 0 Å². The van der Waals surface area contributed by atoms with Gasteiger partial charge in [-0.25, -0.2) is 8.42 Å². The molecule has 0 bridgehead atoms. The highest BCUT2D eigenvalue weighted by Crippen LogP contribution is 2.28. The molecule has 2 aliphatic heterocycles. The first-order valence-corrected chi connectivity index (χ1v) is 12.1. The molecular formula is C23H28N2O5S. The standard InChI is InChI=1S/C23H28N2O5S/c26-22-7-6-20(31(28,29)25-12-14-30-15-13-25)17-21(22)23(27)24-10-8-19(9-11-24)16-18-4-2-1-3-5-18/h1-7,17,19,26H,8-16H2. The zero-order valence-corrected chi connectivity index (χ0v) is 18.3. The number of ether oxygens (including phenoxy) is 1. The molecule has 0 radical (unpaired) electrons. The summed E-state index contributed by atoms with van der Waals surface area (Å²) in [5, 5.41) is 10.3. The Bertz CT molecular complexity index is 1010. The van der Waals surface area contributed by atoms with Crippen LogP contribution in [0.4, 0.5) is 0 Å². The molecule has 7 nitrogen and oxygen atoms in total. The summed E-state index contributed by atoms with van der Waals surface area (Å²) < 4.78 is 32.4. The summed E-state index contributed by atoms with van der Waals surface area (Å²) in [5.74, 6) is -0.0138. The molecule has 2 saturated heterocycles. The number of piperidine rings is 1. The van der Waals surface area contributed by atoms with E-state index in [1.165, 1.54) is 28.1 Å². The molecule has 0 saturated carbocycles. The fraction of sp³-hybridized carbons (Fsp3) is 0.435. The summed E-state index contributed by atoms with van der Waals surface area (Å²) in [6, 6.07) is 14.3. The highest BCUT2D eigenvalue weighted by molar-refractivity contribution is 7.89. The number of aromatic hydroxyl groups is 1. The third kappa shape index (κ3) is 4.92. The lowest BCUT2D eigenvalue weighted by atomic mass is 9.90. The molecule has 0 aliphatic carbocycles. The van der Waals surface area contributed by atoms with Crippen molar-refractivity contribution in [1.82, 2.24) is 9.21 Å². The number of morpholine rings is 1. The van der Waals surface area contributed by atoms with Crippen LogP contribution >= 0.6 is 0 Å². The van der Waals surface area contributed by atoms with Gasteiger partial charge in [0, 0.05) is 26.2 Å². The maximum absolute atomic E-state index is 13.1. The molecule has 1 N–H and O–H groups in total. The minimum atomic E-state index is -3.74. The molecule has 4 rings (SSSR count). The van der Waals surface area contributed by atoms with E-state index in [-0.39, 0.29) is 35.2 Å². The van der Waals surface area contributed by atoms with Crippen LogP contribution in [0.1, 0.15) is 28.8 Å². The Kier molecular flexibility index (Phi) is 6.60. The number of likely N-dealkylation sites (tertiary alicyclic amines) is 1.